The van der Waals surface area contributed by atoms with Crippen LogP contribution in [0.4, 0.5) is 5.69 Å². The first-order valence-corrected chi connectivity index (χ1v) is 7.44. The van der Waals surface area contributed by atoms with E-state index in [4.69, 9.17) is 9.47 Å². The number of nitrogens with one attached hydrogen (secondary N) is 1. The van der Waals surface area contributed by atoms with Crippen molar-refractivity contribution in [3.63, 3.8) is 0 Å². The third kappa shape index (κ3) is 2.47. The number of rotatable bonds is 4. The van der Waals surface area contributed by atoms with Crippen molar-refractivity contribution in [2.45, 2.75) is 45.6 Å². The molecule has 1 aliphatic carbocycles. The molecule has 4 nitrogen and oxygen atoms in total. The highest BCUT2D eigenvalue weighted by Crippen LogP contribution is 2.38. The van der Waals surface area contributed by atoms with E-state index in [2.05, 4.69) is 5.32 Å². The second-order valence-corrected chi connectivity index (χ2v) is 5.64. The van der Waals surface area contributed by atoms with Crippen molar-refractivity contribution < 1.29 is 14.3 Å². The Morgan fingerprint density at radius 3 is 2.90 bits per heavy atom. The van der Waals surface area contributed by atoms with Crippen molar-refractivity contribution >= 4 is 11.6 Å². The number of anilines is 1. The maximum absolute atomic E-state index is 12.1. The largest absolute Gasteiger partial charge is 0.492 e. The molecule has 20 heavy (non-hydrogen) atoms. The van der Waals surface area contributed by atoms with Crippen molar-refractivity contribution in [3.8, 4) is 11.5 Å². The standard InChI is InChI=1S/C16H21NO3/c1-3-19-15-8-12-7-10(2)20-14(12)9-13(15)17-16(18)11-5-4-6-11/h8-11H,3-7H2,1-2H3,(H,17,18)/t10-/m0/s1. The van der Waals surface area contributed by atoms with Gasteiger partial charge in [-0.25, -0.2) is 0 Å². The lowest BCUT2D eigenvalue weighted by atomic mass is 9.85. The molecular formula is C16H21NO3. The number of carbonyl (C=O) groups excluding carboxylic acids is 1. The Balaban J connectivity index is 1.84. The van der Waals surface area contributed by atoms with Crippen LogP contribution in [0.25, 0.3) is 0 Å². The van der Waals surface area contributed by atoms with Crippen LogP contribution in [0.15, 0.2) is 12.1 Å². The van der Waals surface area contributed by atoms with Crippen LogP contribution in [-0.4, -0.2) is 18.6 Å². The Hall–Kier alpha value is -1.71. The van der Waals surface area contributed by atoms with E-state index in [-0.39, 0.29) is 17.9 Å². The highest BCUT2D eigenvalue weighted by molar-refractivity contribution is 5.94. The van der Waals surface area contributed by atoms with Crippen molar-refractivity contribution in [2.75, 3.05) is 11.9 Å². The van der Waals surface area contributed by atoms with E-state index in [0.29, 0.717) is 6.61 Å². The monoisotopic (exact) mass is 275 g/mol. The smallest absolute Gasteiger partial charge is 0.227 e. The summed E-state index contributed by atoms with van der Waals surface area (Å²) in [5.41, 5.74) is 1.89. The lowest BCUT2D eigenvalue weighted by molar-refractivity contribution is -0.122. The van der Waals surface area contributed by atoms with E-state index in [9.17, 15) is 4.79 Å². The molecule has 1 fully saturated rings. The quantitative estimate of drug-likeness (QED) is 0.918. The van der Waals surface area contributed by atoms with Gasteiger partial charge in [0.25, 0.3) is 0 Å². The van der Waals surface area contributed by atoms with Gasteiger partial charge in [0.05, 0.1) is 12.3 Å². The fourth-order valence-electron chi connectivity index (χ4n) is 2.72. The Bertz CT molecular complexity index is 523. The first-order valence-electron chi connectivity index (χ1n) is 7.44. The molecule has 1 atom stereocenters. The Morgan fingerprint density at radius 2 is 2.25 bits per heavy atom. The molecule has 0 saturated heterocycles. The molecule has 1 aromatic rings. The van der Waals surface area contributed by atoms with E-state index in [1.54, 1.807) is 0 Å². The first-order chi connectivity index (χ1) is 9.67. The lowest BCUT2D eigenvalue weighted by Gasteiger charge is -2.24. The molecule has 0 spiro atoms. The predicted molar refractivity (Wildman–Crippen MR) is 77.4 cm³/mol. The summed E-state index contributed by atoms with van der Waals surface area (Å²) in [5, 5.41) is 3.00. The molecular weight excluding hydrogens is 254 g/mol. The summed E-state index contributed by atoms with van der Waals surface area (Å²) in [4.78, 5) is 12.1. The summed E-state index contributed by atoms with van der Waals surface area (Å²) >= 11 is 0. The van der Waals surface area contributed by atoms with Gasteiger partial charge in [0.15, 0.2) is 0 Å². The minimum absolute atomic E-state index is 0.100. The molecule has 2 aliphatic rings. The van der Waals surface area contributed by atoms with Gasteiger partial charge in [-0.15, -0.1) is 0 Å². The average Bonchev–Trinajstić information content (AvgIpc) is 2.66. The maximum Gasteiger partial charge on any atom is 0.227 e. The minimum atomic E-state index is 0.100. The molecule has 0 bridgehead atoms. The zero-order valence-corrected chi connectivity index (χ0v) is 12.1. The number of carbonyl (C=O) groups is 1. The summed E-state index contributed by atoms with van der Waals surface area (Å²) in [5.74, 6) is 1.88. The van der Waals surface area contributed by atoms with Gasteiger partial charge in [-0.3, -0.25) is 4.79 Å². The molecule has 1 heterocycles. The summed E-state index contributed by atoms with van der Waals surface area (Å²) in [6.07, 6.45) is 4.23. The molecule has 3 rings (SSSR count). The molecule has 1 aliphatic heterocycles. The van der Waals surface area contributed by atoms with Crippen molar-refractivity contribution in [3.05, 3.63) is 17.7 Å². The Kier molecular flexibility index (Phi) is 3.55. The fraction of sp³-hybridized carbons (Fsp3) is 0.562. The van der Waals surface area contributed by atoms with Crippen LogP contribution in [0.5, 0.6) is 11.5 Å². The van der Waals surface area contributed by atoms with E-state index in [0.717, 1.165) is 48.4 Å². The van der Waals surface area contributed by atoms with Crippen molar-refractivity contribution in [1.82, 2.24) is 0 Å². The van der Waals surface area contributed by atoms with Crippen molar-refractivity contribution in [2.24, 2.45) is 5.92 Å². The normalized spacial score (nSPS) is 20.8. The van der Waals surface area contributed by atoms with Gasteiger partial charge in [-0.05, 0) is 32.8 Å². The Labute approximate surface area is 119 Å². The van der Waals surface area contributed by atoms with E-state index in [1.165, 1.54) is 0 Å². The van der Waals surface area contributed by atoms with Crippen LogP contribution in [-0.2, 0) is 11.2 Å². The van der Waals surface area contributed by atoms with Gasteiger partial charge in [0.1, 0.15) is 17.6 Å². The summed E-state index contributed by atoms with van der Waals surface area (Å²) < 4.78 is 11.4. The number of hydrogen-bond acceptors (Lipinski definition) is 3. The zero-order valence-electron chi connectivity index (χ0n) is 12.1. The van der Waals surface area contributed by atoms with Crippen LogP contribution >= 0.6 is 0 Å². The maximum atomic E-state index is 12.1. The summed E-state index contributed by atoms with van der Waals surface area (Å²) in [6, 6.07) is 3.90. The van der Waals surface area contributed by atoms with E-state index >= 15 is 0 Å². The summed E-state index contributed by atoms with van der Waals surface area (Å²) in [6.45, 7) is 4.58. The van der Waals surface area contributed by atoms with Gasteiger partial charge < -0.3 is 14.8 Å². The van der Waals surface area contributed by atoms with Crippen LogP contribution in [0.1, 0.15) is 38.7 Å². The Morgan fingerprint density at radius 1 is 1.45 bits per heavy atom. The fourth-order valence-corrected chi connectivity index (χ4v) is 2.72. The minimum Gasteiger partial charge on any atom is -0.492 e. The van der Waals surface area contributed by atoms with Gasteiger partial charge in [0.2, 0.25) is 5.91 Å². The number of benzene rings is 1. The number of fused-ring (bicyclic) bond motifs is 1. The molecule has 1 N–H and O–H groups in total. The molecule has 4 heteroatoms. The van der Waals surface area contributed by atoms with Gasteiger partial charge in [-0.2, -0.15) is 0 Å². The molecule has 108 valence electrons. The molecule has 1 amide bonds. The highest BCUT2D eigenvalue weighted by Gasteiger charge is 2.27. The van der Waals surface area contributed by atoms with Crippen LogP contribution in [0, 0.1) is 5.92 Å². The number of ether oxygens (including phenoxy) is 2. The summed E-state index contributed by atoms with van der Waals surface area (Å²) in [7, 11) is 0. The van der Waals surface area contributed by atoms with Gasteiger partial charge >= 0.3 is 0 Å². The SMILES string of the molecule is CCOc1cc2c(cc1NC(=O)C1CCC1)O[C@@H](C)C2. The first kappa shape index (κ1) is 13.3. The predicted octanol–water partition coefficient (Wildman–Crippen LogP) is 3.15. The topological polar surface area (TPSA) is 47.6 Å². The zero-order chi connectivity index (χ0) is 14.1. The van der Waals surface area contributed by atoms with Crippen LogP contribution in [0.3, 0.4) is 0 Å². The third-order valence-electron chi connectivity index (χ3n) is 4.03. The van der Waals surface area contributed by atoms with E-state index in [1.807, 2.05) is 26.0 Å². The second kappa shape index (κ2) is 5.35. The van der Waals surface area contributed by atoms with Gasteiger partial charge in [-0.1, -0.05) is 6.42 Å². The molecule has 1 aromatic carbocycles. The van der Waals surface area contributed by atoms with Gasteiger partial charge in [0, 0.05) is 24.0 Å². The molecule has 0 radical (unpaired) electrons. The number of amides is 1. The third-order valence-corrected chi connectivity index (χ3v) is 4.03. The van der Waals surface area contributed by atoms with Crippen molar-refractivity contribution in [1.29, 1.82) is 0 Å². The van der Waals surface area contributed by atoms with E-state index < -0.39 is 0 Å². The molecule has 0 aromatic heterocycles. The second-order valence-electron chi connectivity index (χ2n) is 5.64. The number of hydrogen-bond donors (Lipinski definition) is 1. The lowest BCUT2D eigenvalue weighted by Crippen LogP contribution is -2.28. The highest BCUT2D eigenvalue weighted by atomic mass is 16.5. The molecule has 1 saturated carbocycles. The van der Waals surface area contributed by atoms with Crippen LogP contribution in [0.2, 0.25) is 0 Å². The molecule has 0 unspecified atom stereocenters. The van der Waals surface area contributed by atoms with Crippen LogP contribution < -0.4 is 14.8 Å². The average molecular weight is 275 g/mol.